The quantitative estimate of drug-likeness (QED) is 0.880. The Morgan fingerprint density at radius 1 is 1.24 bits per heavy atom. The molecule has 1 saturated heterocycles. The van der Waals surface area contributed by atoms with Crippen LogP contribution in [-0.2, 0) is 5.54 Å². The van der Waals surface area contributed by atoms with Gasteiger partial charge in [0.25, 0.3) is 0 Å². The Balaban J connectivity index is 2.18. The van der Waals surface area contributed by atoms with Crippen molar-refractivity contribution in [2.75, 3.05) is 19.6 Å². The van der Waals surface area contributed by atoms with Crippen molar-refractivity contribution in [3.05, 3.63) is 35.9 Å². The summed E-state index contributed by atoms with van der Waals surface area (Å²) in [5, 5.41) is 3.80. The van der Waals surface area contributed by atoms with Gasteiger partial charge in [0.2, 0.25) is 0 Å². The zero-order chi connectivity index (χ0) is 15.5. The SMILES string of the molecule is CCC1CNC(C)(c2ccccc2)CN1CC(C)(C)CC. The van der Waals surface area contributed by atoms with Crippen molar-refractivity contribution in [2.24, 2.45) is 5.41 Å². The van der Waals surface area contributed by atoms with Crippen LogP contribution in [0.4, 0.5) is 0 Å². The molecule has 1 aliphatic rings. The zero-order valence-corrected chi connectivity index (χ0v) is 14.4. The lowest BCUT2D eigenvalue weighted by Crippen LogP contribution is -2.62. The van der Waals surface area contributed by atoms with Gasteiger partial charge < -0.3 is 5.32 Å². The highest BCUT2D eigenvalue weighted by molar-refractivity contribution is 5.25. The van der Waals surface area contributed by atoms with Crippen LogP contribution in [0.3, 0.4) is 0 Å². The van der Waals surface area contributed by atoms with Crippen molar-refractivity contribution in [3.8, 4) is 0 Å². The highest BCUT2D eigenvalue weighted by Gasteiger charge is 2.37. The van der Waals surface area contributed by atoms with E-state index in [1.165, 1.54) is 24.9 Å². The topological polar surface area (TPSA) is 15.3 Å². The van der Waals surface area contributed by atoms with Gasteiger partial charge in [0, 0.05) is 25.7 Å². The van der Waals surface area contributed by atoms with Crippen LogP contribution in [0.15, 0.2) is 30.3 Å². The second kappa shape index (κ2) is 6.50. The molecule has 2 atom stereocenters. The largest absolute Gasteiger partial charge is 0.305 e. The van der Waals surface area contributed by atoms with Crippen LogP contribution in [-0.4, -0.2) is 30.6 Å². The predicted octanol–water partition coefficient (Wildman–Crippen LogP) is 4.02. The Morgan fingerprint density at radius 2 is 1.90 bits per heavy atom. The first-order chi connectivity index (χ1) is 9.90. The number of hydrogen-bond acceptors (Lipinski definition) is 2. The van der Waals surface area contributed by atoms with E-state index in [0.717, 1.165) is 13.1 Å². The minimum absolute atomic E-state index is 0.0662. The summed E-state index contributed by atoms with van der Waals surface area (Å²) in [4.78, 5) is 2.72. The molecule has 2 rings (SSSR count). The van der Waals surface area contributed by atoms with E-state index in [-0.39, 0.29) is 5.54 Å². The second-order valence-electron chi connectivity index (χ2n) is 7.56. The molecule has 1 aromatic carbocycles. The molecule has 0 aliphatic carbocycles. The van der Waals surface area contributed by atoms with Gasteiger partial charge in [-0.2, -0.15) is 0 Å². The lowest BCUT2D eigenvalue weighted by molar-refractivity contribution is 0.0483. The first kappa shape index (κ1) is 16.5. The lowest BCUT2D eigenvalue weighted by Gasteiger charge is -2.48. The van der Waals surface area contributed by atoms with Crippen LogP contribution in [0.2, 0.25) is 0 Å². The van der Waals surface area contributed by atoms with Gasteiger partial charge in [0.15, 0.2) is 0 Å². The second-order valence-corrected chi connectivity index (χ2v) is 7.56. The fourth-order valence-electron chi connectivity index (χ4n) is 3.31. The molecule has 1 aromatic rings. The molecular weight excluding hydrogens is 256 g/mol. The summed E-state index contributed by atoms with van der Waals surface area (Å²) in [7, 11) is 0. The van der Waals surface area contributed by atoms with E-state index in [0.29, 0.717) is 11.5 Å². The normalized spacial score (nSPS) is 27.8. The molecular formula is C19H32N2. The Labute approximate surface area is 130 Å². The fraction of sp³-hybridized carbons (Fsp3) is 0.684. The van der Waals surface area contributed by atoms with Crippen molar-refractivity contribution in [1.82, 2.24) is 10.2 Å². The Kier molecular flexibility index (Phi) is 5.11. The fourth-order valence-corrected chi connectivity index (χ4v) is 3.31. The average molecular weight is 288 g/mol. The summed E-state index contributed by atoms with van der Waals surface area (Å²) >= 11 is 0. The first-order valence-corrected chi connectivity index (χ1v) is 8.45. The van der Waals surface area contributed by atoms with Gasteiger partial charge in [0.05, 0.1) is 5.54 Å². The maximum Gasteiger partial charge on any atom is 0.0535 e. The van der Waals surface area contributed by atoms with Crippen LogP contribution in [0.1, 0.15) is 53.0 Å². The molecule has 1 heterocycles. The summed E-state index contributed by atoms with van der Waals surface area (Å²) in [6, 6.07) is 11.6. The lowest BCUT2D eigenvalue weighted by atomic mass is 9.84. The molecule has 0 bridgehead atoms. The van der Waals surface area contributed by atoms with E-state index in [1.54, 1.807) is 0 Å². The maximum atomic E-state index is 3.80. The number of hydrogen-bond donors (Lipinski definition) is 1. The van der Waals surface area contributed by atoms with Crippen molar-refractivity contribution in [2.45, 2.75) is 59.0 Å². The Bertz CT molecular complexity index is 440. The summed E-state index contributed by atoms with van der Waals surface area (Å²) in [5.74, 6) is 0. The number of benzene rings is 1. The highest BCUT2D eigenvalue weighted by atomic mass is 15.3. The maximum absolute atomic E-state index is 3.80. The molecule has 2 heteroatoms. The van der Waals surface area contributed by atoms with Crippen LogP contribution in [0.25, 0.3) is 0 Å². The third-order valence-corrected chi connectivity index (χ3v) is 5.23. The van der Waals surface area contributed by atoms with E-state index in [9.17, 15) is 0 Å². The average Bonchev–Trinajstić information content (AvgIpc) is 2.48. The molecule has 0 spiro atoms. The smallest absolute Gasteiger partial charge is 0.0535 e. The summed E-state index contributed by atoms with van der Waals surface area (Å²) in [5.41, 5.74) is 1.86. The zero-order valence-electron chi connectivity index (χ0n) is 14.4. The van der Waals surface area contributed by atoms with E-state index in [4.69, 9.17) is 0 Å². The Hall–Kier alpha value is -0.860. The van der Waals surface area contributed by atoms with Gasteiger partial charge in [-0.1, -0.05) is 58.0 Å². The van der Waals surface area contributed by atoms with Crippen LogP contribution in [0, 0.1) is 5.41 Å². The third kappa shape index (κ3) is 3.87. The van der Waals surface area contributed by atoms with Crippen molar-refractivity contribution in [1.29, 1.82) is 0 Å². The number of piperazine rings is 1. The summed E-state index contributed by atoms with van der Waals surface area (Å²) < 4.78 is 0. The molecule has 118 valence electrons. The van der Waals surface area contributed by atoms with E-state index < -0.39 is 0 Å². The predicted molar refractivity (Wildman–Crippen MR) is 91.5 cm³/mol. The molecule has 0 radical (unpaired) electrons. The first-order valence-electron chi connectivity index (χ1n) is 8.45. The monoisotopic (exact) mass is 288 g/mol. The molecule has 0 aromatic heterocycles. The van der Waals surface area contributed by atoms with E-state index in [2.05, 4.69) is 75.2 Å². The number of nitrogens with zero attached hydrogens (tertiary/aromatic N) is 1. The summed E-state index contributed by atoms with van der Waals surface area (Å²) in [6.45, 7) is 15.1. The van der Waals surface area contributed by atoms with Crippen LogP contribution < -0.4 is 5.32 Å². The van der Waals surface area contributed by atoms with Gasteiger partial charge in [-0.15, -0.1) is 0 Å². The van der Waals surface area contributed by atoms with Crippen LogP contribution >= 0.6 is 0 Å². The number of rotatable bonds is 5. The standard InChI is InChI=1S/C19H32N2/c1-6-17-13-20-19(5,16-11-9-8-10-12-16)15-21(17)14-18(3,4)7-2/h8-12,17,20H,6-7,13-15H2,1-5H3. The van der Waals surface area contributed by atoms with Crippen molar-refractivity contribution in [3.63, 3.8) is 0 Å². The van der Waals surface area contributed by atoms with E-state index >= 15 is 0 Å². The van der Waals surface area contributed by atoms with Crippen LogP contribution in [0.5, 0.6) is 0 Å². The minimum atomic E-state index is 0.0662. The Morgan fingerprint density at radius 3 is 2.48 bits per heavy atom. The molecule has 1 aliphatic heterocycles. The van der Waals surface area contributed by atoms with Gasteiger partial charge >= 0.3 is 0 Å². The molecule has 2 unspecified atom stereocenters. The van der Waals surface area contributed by atoms with Gasteiger partial charge in [0.1, 0.15) is 0 Å². The molecule has 1 N–H and O–H groups in total. The van der Waals surface area contributed by atoms with E-state index in [1.807, 2.05) is 0 Å². The molecule has 0 amide bonds. The summed E-state index contributed by atoms with van der Waals surface area (Å²) in [6.07, 6.45) is 2.45. The van der Waals surface area contributed by atoms with Crippen molar-refractivity contribution < 1.29 is 0 Å². The van der Waals surface area contributed by atoms with Gasteiger partial charge in [-0.25, -0.2) is 0 Å². The van der Waals surface area contributed by atoms with Crippen molar-refractivity contribution >= 4 is 0 Å². The van der Waals surface area contributed by atoms with Gasteiger partial charge in [-0.05, 0) is 30.7 Å². The highest BCUT2D eigenvalue weighted by Crippen LogP contribution is 2.30. The molecule has 1 fully saturated rings. The molecule has 0 saturated carbocycles. The minimum Gasteiger partial charge on any atom is -0.305 e. The number of nitrogens with one attached hydrogen (secondary N) is 1. The molecule has 2 nitrogen and oxygen atoms in total. The third-order valence-electron chi connectivity index (χ3n) is 5.23. The van der Waals surface area contributed by atoms with Gasteiger partial charge in [-0.3, -0.25) is 4.90 Å². The molecule has 21 heavy (non-hydrogen) atoms.